The molecule has 3 heterocycles. The lowest BCUT2D eigenvalue weighted by Gasteiger charge is -2.26. The van der Waals surface area contributed by atoms with Crippen LogP contribution in [0.25, 0.3) is 10.2 Å². The first-order valence-corrected chi connectivity index (χ1v) is 7.93. The van der Waals surface area contributed by atoms with Crippen molar-refractivity contribution >= 4 is 27.5 Å². The molecule has 106 valence electrons. The fourth-order valence-corrected chi connectivity index (χ4v) is 4.16. The second-order valence-electron chi connectivity index (χ2n) is 5.45. The highest BCUT2D eigenvalue weighted by Gasteiger charge is 2.24. The molecule has 0 N–H and O–H groups in total. The third-order valence-corrected chi connectivity index (χ3v) is 5.09. The van der Waals surface area contributed by atoms with Crippen LogP contribution in [0.15, 0.2) is 0 Å². The third kappa shape index (κ3) is 2.20. The Morgan fingerprint density at radius 2 is 1.80 bits per heavy atom. The van der Waals surface area contributed by atoms with E-state index in [2.05, 4.69) is 9.97 Å². The van der Waals surface area contributed by atoms with Gasteiger partial charge in [0, 0.05) is 24.2 Å². The molecule has 0 aromatic carbocycles. The number of likely N-dealkylation sites (tertiary alicyclic amines) is 1. The lowest BCUT2D eigenvalue weighted by molar-refractivity contribution is 0.0728. The molecule has 1 saturated heterocycles. The summed E-state index contributed by atoms with van der Waals surface area (Å²) in [4.78, 5) is 25.3. The van der Waals surface area contributed by atoms with E-state index >= 15 is 0 Å². The zero-order valence-electron chi connectivity index (χ0n) is 12.2. The van der Waals surface area contributed by atoms with E-state index in [0.29, 0.717) is 0 Å². The van der Waals surface area contributed by atoms with Crippen LogP contribution in [0.2, 0.25) is 0 Å². The Morgan fingerprint density at radius 3 is 2.50 bits per heavy atom. The number of aryl methyl sites for hydroxylation is 3. The van der Waals surface area contributed by atoms with E-state index in [1.165, 1.54) is 17.8 Å². The van der Waals surface area contributed by atoms with E-state index in [4.69, 9.17) is 0 Å². The standard InChI is InChI=1S/C15H19N3OS/c1-9-12-10(2)16-11(3)17-14(12)20-13(9)15(19)18-7-5-4-6-8-18/h4-8H2,1-3H3. The van der Waals surface area contributed by atoms with Crippen LogP contribution in [0.3, 0.4) is 0 Å². The molecule has 2 aromatic heterocycles. The summed E-state index contributed by atoms with van der Waals surface area (Å²) in [5.41, 5.74) is 2.01. The van der Waals surface area contributed by atoms with Gasteiger partial charge in [0.25, 0.3) is 5.91 Å². The highest BCUT2D eigenvalue weighted by molar-refractivity contribution is 7.20. The molecule has 0 radical (unpaired) electrons. The number of carbonyl (C=O) groups excluding carboxylic acids is 1. The van der Waals surface area contributed by atoms with Gasteiger partial charge in [0.1, 0.15) is 10.7 Å². The lowest BCUT2D eigenvalue weighted by atomic mass is 10.1. The Labute approximate surface area is 122 Å². The van der Waals surface area contributed by atoms with Crippen LogP contribution in [-0.2, 0) is 0 Å². The maximum absolute atomic E-state index is 12.7. The Hall–Kier alpha value is -1.49. The third-order valence-electron chi connectivity index (χ3n) is 3.92. The van der Waals surface area contributed by atoms with Gasteiger partial charge in [-0.05, 0) is 45.6 Å². The van der Waals surface area contributed by atoms with Crippen LogP contribution in [0, 0.1) is 20.8 Å². The Bertz CT molecular complexity index is 671. The minimum atomic E-state index is 0.169. The zero-order valence-corrected chi connectivity index (χ0v) is 13.0. The summed E-state index contributed by atoms with van der Waals surface area (Å²) in [6, 6.07) is 0. The van der Waals surface area contributed by atoms with Gasteiger partial charge in [-0.15, -0.1) is 11.3 Å². The summed E-state index contributed by atoms with van der Waals surface area (Å²) in [7, 11) is 0. The first kappa shape index (κ1) is 13.5. The van der Waals surface area contributed by atoms with E-state index in [1.54, 1.807) is 0 Å². The lowest BCUT2D eigenvalue weighted by Crippen LogP contribution is -2.35. The maximum Gasteiger partial charge on any atom is 0.264 e. The average Bonchev–Trinajstić information content (AvgIpc) is 2.76. The Kier molecular flexibility index (Phi) is 3.46. The van der Waals surface area contributed by atoms with Gasteiger partial charge >= 0.3 is 0 Å². The van der Waals surface area contributed by atoms with Crippen molar-refractivity contribution in [2.75, 3.05) is 13.1 Å². The van der Waals surface area contributed by atoms with E-state index in [-0.39, 0.29) is 5.91 Å². The fourth-order valence-electron chi connectivity index (χ4n) is 2.92. The van der Waals surface area contributed by atoms with Crippen molar-refractivity contribution in [3.63, 3.8) is 0 Å². The average molecular weight is 289 g/mol. The van der Waals surface area contributed by atoms with Crippen LogP contribution in [0.4, 0.5) is 0 Å². The molecule has 5 heteroatoms. The second kappa shape index (κ2) is 5.13. The maximum atomic E-state index is 12.7. The molecule has 1 aliphatic rings. The molecule has 1 amide bonds. The molecule has 1 aliphatic heterocycles. The summed E-state index contributed by atoms with van der Waals surface area (Å²) in [6.45, 7) is 7.67. The van der Waals surface area contributed by atoms with Crippen LogP contribution in [-0.4, -0.2) is 33.9 Å². The summed E-state index contributed by atoms with van der Waals surface area (Å²) >= 11 is 1.51. The monoisotopic (exact) mass is 289 g/mol. The first-order chi connectivity index (χ1) is 9.58. The van der Waals surface area contributed by atoms with Gasteiger partial charge in [0.15, 0.2) is 0 Å². The van der Waals surface area contributed by atoms with Gasteiger partial charge in [-0.2, -0.15) is 0 Å². The van der Waals surface area contributed by atoms with Gasteiger partial charge < -0.3 is 4.90 Å². The van der Waals surface area contributed by atoms with Crippen LogP contribution < -0.4 is 0 Å². The molecule has 0 aliphatic carbocycles. The molecule has 4 nitrogen and oxygen atoms in total. The number of nitrogens with zero attached hydrogens (tertiary/aromatic N) is 3. The summed E-state index contributed by atoms with van der Waals surface area (Å²) in [5.74, 6) is 0.940. The molecule has 2 aromatic rings. The summed E-state index contributed by atoms with van der Waals surface area (Å²) in [5, 5.41) is 1.06. The largest absolute Gasteiger partial charge is 0.338 e. The molecular formula is C15H19N3OS. The number of fused-ring (bicyclic) bond motifs is 1. The van der Waals surface area contributed by atoms with Crippen LogP contribution in [0.5, 0.6) is 0 Å². The molecule has 0 saturated carbocycles. The second-order valence-corrected chi connectivity index (χ2v) is 6.44. The number of hydrogen-bond acceptors (Lipinski definition) is 4. The van der Waals surface area contributed by atoms with E-state index in [1.807, 2.05) is 25.7 Å². The predicted molar refractivity (Wildman–Crippen MR) is 81.4 cm³/mol. The van der Waals surface area contributed by atoms with Gasteiger partial charge in [-0.25, -0.2) is 9.97 Å². The van der Waals surface area contributed by atoms with Crippen LogP contribution >= 0.6 is 11.3 Å². The van der Waals surface area contributed by atoms with Gasteiger partial charge in [-0.3, -0.25) is 4.79 Å². The molecule has 3 rings (SSSR count). The number of thiophene rings is 1. The minimum absolute atomic E-state index is 0.169. The number of rotatable bonds is 1. The molecule has 0 spiro atoms. The highest BCUT2D eigenvalue weighted by atomic mass is 32.1. The van der Waals surface area contributed by atoms with Crippen molar-refractivity contribution in [3.05, 3.63) is 22.0 Å². The number of piperidine rings is 1. The van der Waals surface area contributed by atoms with Gasteiger partial charge in [-0.1, -0.05) is 0 Å². The van der Waals surface area contributed by atoms with Crippen molar-refractivity contribution in [3.8, 4) is 0 Å². The van der Waals surface area contributed by atoms with Crippen molar-refractivity contribution < 1.29 is 4.79 Å². The summed E-state index contributed by atoms with van der Waals surface area (Å²) in [6.07, 6.45) is 3.47. The normalized spacial score (nSPS) is 15.8. The van der Waals surface area contributed by atoms with Crippen LogP contribution in [0.1, 0.15) is 46.0 Å². The molecule has 0 unspecified atom stereocenters. The Balaban J connectivity index is 2.05. The van der Waals surface area contributed by atoms with Gasteiger partial charge in [0.05, 0.1) is 4.88 Å². The van der Waals surface area contributed by atoms with Gasteiger partial charge in [0.2, 0.25) is 0 Å². The first-order valence-electron chi connectivity index (χ1n) is 7.11. The minimum Gasteiger partial charge on any atom is -0.338 e. The van der Waals surface area contributed by atoms with E-state index in [9.17, 15) is 4.79 Å². The topological polar surface area (TPSA) is 46.1 Å². The van der Waals surface area contributed by atoms with Crippen molar-refractivity contribution in [2.24, 2.45) is 0 Å². The van der Waals surface area contributed by atoms with Crippen molar-refractivity contribution in [1.29, 1.82) is 0 Å². The Morgan fingerprint density at radius 1 is 1.10 bits per heavy atom. The highest BCUT2D eigenvalue weighted by Crippen LogP contribution is 2.32. The van der Waals surface area contributed by atoms with Crippen molar-refractivity contribution in [2.45, 2.75) is 40.0 Å². The van der Waals surface area contributed by atoms with E-state index < -0.39 is 0 Å². The smallest absolute Gasteiger partial charge is 0.264 e. The number of carbonyl (C=O) groups is 1. The number of amides is 1. The van der Waals surface area contributed by atoms with E-state index in [0.717, 1.165) is 58.1 Å². The zero-order chi connectivity index (χ0) is 14.3. The van der Waals surface area contributed by atoms with Crippen molar-refractivity contribution in [1.82, 2.24) is 14.9 Å². The predicted octanol–water partition coefficient (Wildman–Crippen LogP) is 3.24. The number of hydrogen-bond donors (Lipinski definition) is 0. The molecular weight excluding hydrogens is 270 g/mol. The number of aromatic nitrogens is 2. The molecule has 20 heavy (non-hydrogen) atoms. The quantitative estimate of drug-likeness (QED) is 0.809. The molecule has 0 bridgehead atoms. The summed E-state index contributed by atoms with van der Waals surface area (Å²) < 4.78 is 0. The molecule has 1 fully saturated rings. The SMILES string of the molecule is Cc1nc(C)c2c(C)c(C(=O)N3CCCCC3)sc2n1. The fraction of sp³-hybridized carbons (Fsp3) is 0.533. The molecule has 0 atom stereocenters.